The smallest absolute Gasteiger partial charge is 0.331 e. The van der Waals surface area contributed by atoms with Crippen LogP contribution in [0.15, 0.2) is 35.9 Å². The second-order valence-electron chi connectivity index (χ2n) is 15.0. The van der Waals surface area contributed by atoms with E-state index >= 15 is 0 Å². The molecule has 0 amide bonds. The fourth-order valence-electron chi connectivity index (χ4n) is 10.1. The molecule has 4 aliphatic rings. The first-order chi connectivity index (χ1) is 20.1. The van der Waals surface area contributed by atoms with Crippen LogP contribution in [0, 0.1) is 46.3 Å². The van der Waals surface area contributed by atoms with Gasteiger partial charge in [-0.1, -0.05) is 71.6 Å². The summed E-state index contributed by atoms with van der Waals surface area (Å²) in [5, 5.41) is 0. The molecule has 0 aromatic heterocycles. The van der Waals surface area contributed by atoms with Crippen molar-refractivity contribution in [3.8, 4) is 11.5 Å². The second-order valence-corrected chi connectivity index (χ2v) is 15.0. The normalized spacial score (nSPS) is 34.8. The summed E-state index contributed by atoms with van der Waals surface area (Å²) in [6, 6.07) is 5.63. The average Bonchev–Trinajstić information content (AvgIpc) is 3.33. The molecule has 0 heterocycles. The van der Waals surface area contributed by atoms with Crippen LogP contribution >= 0.6 is 0 Å². The number of methoxy groups -OCH3 is 2. The topological polar surface area (TPSA) is 44.8 Å². The molecule has 0 saturated heterocycles. The maximum atomic E-state index is 12.8. The molecule has 0 spiro atoms. The van der Waals surface area contributed by atoms with E-state index in [1.54, 1.807) is 31.9 Å². The monoisotopic (exact) mass is 576 g/mol. The molecule has 42 heavy (non-hydrogen) atoms. The van der Waals surface area contributed by atoms with Gasteiger partial charge in [0.2, 0.25) is 0 Å². The van der Waals surface area contributed by atoms with E-state index in [1.165, 1.54) is 51.4 Å². The van der Waals surface area contributed by atoms with Crippen LogP contribution in [0.4, 0.5) is 0 Å². The molecule has 8 atom stereocenters. The van der Waals surface area contributed by atoms with Gasteiger partial charge in [0.05, 0.1) is 14.2 Å². The van der Waals surface area contributed by atoms with E-state index < -0.39 is 0 Å². The molecule has 0 aliphatic heterocycles. The number of fused-ring (bicyclic) bond motifs is 5. The van der Waals surface area contributed by atoms with Crippen molar-refractivity contribution in [2.75, 3.05) is 14.2 Å². The first-order valence-electron chi connectivity index (χ1n) is 16.9. The first kappa shape index (κ1) is 31.2. The van der Waals surface area contributed by atoms with E-state index in [-0.39, 0.29) is 17.5 Å². The molecular weight excluding hydrogens is 520 g/mol. The van der Waals surface area contributed by atoms with Crippen molar-refractivity contribution in [3.05, 3.63) is 41.5 Å². The Hall–Kier alpha value is -2.23. The van der Waals surface area contributed by atoms with E-state index in [0.717, 1.165) is 60.3 Å². The minimum atomic E-state index is -0.263. The highest BCUT2D eigenvalue weighted by Gasteiger charge is 2.59. The number of ether oxygens (including phenoxy) is 3. The number of carbonyl (C=O) groups is 1. The molecule has 3 unspecified atom stereocenters. The van der Waals surface area contributed by atoms with E-state index in [9.17, 15) is 4.79 Å². The van der Waals surface area contributed by atoms with Gasteiger partial charge < -0.3 is 14.2 Å². The standard InChI is InChI=1S/C38H56O4/c1-25(2)9-8-10-26(3)31-15-16-32-30-14-13-28-24-29(19-21-37(28,4)33(30)20-22-38(31,32)5)42-36(39)18-12-27-11-17-34(40-6)35(23-27)41-7/h11-13,17-18,23,25-26,29-33H,8-10,14-16,19-22,24H2,1-7H3/t26-,29+,30?,31-,32?,33?,37+,38-/m1/s1. The maximum Gasteiger partial charge on any atom is 0.331 e. The number of hydrogen-bond acceptors (Lipinski definition) is 4. The summed E-state index contributed by atoms with van der Waals surface area (Å²) in [5.74, 6) is 6.12. The van der Waals surface area contributed by atoms with Gasteiger partial charge in [0.1, 0.15) is 6.10 Å². The quantitative estimate of drug-likeness (QED) is 0.158. The Kier molecular flexibility index (Phi) is 9.50. The minimum Gasteiger partial charge on any atom is -0.493 e. The summed E-state index contributed by atoms with van der Waals surface area (Å²) in [7, 11) is 3.24. The van der Waals surface area contributed by atoms with Crippen molar-refractivity contribution in [3.63, 3.8) is 0 Å². The largest absolute Gasteiger partial charge is 0.493 e. The van der Waals surface area contributed by atoms with E-state index in [2.05, 4.69) is 40.7 Å². The summed E-state index contributed by atoms with van der Waals surface area (Å²) in [5.41, 5.74) is 3.23. The lowest BCUT2D eigenvalue weighted by Gasteiger charge is -2.58. The molecule has 5 rings (SSSR count). The number of hydrogen-bond donors (Lipinski definition) is 0. The summed E-state index contributed by atoms with van der Waals surface area (Å²) < 4.78 is 16.7. The van der Waals surface area contributed by atoms with E-state index in [4.69, 9.17) is 14.2 Å². The molecule has 0 radical (unpaired) electrons. The van der Waals surface area contributed by atoms with Crippen LogP contribution in [-0.4, -0.2) is 26.3 Å². The Morgan fingerprint density at radius 3 is 2.50 bits per heavy atom. The fourth-order valence-corrected chi connectivity index (χ4v) is 10.1. The summed E-state index contributed by atoms with van der Waals surface area (Å²) in [6.45, 7) is 12.5. The average molecular weight is 577 g/mol. The van der Waals surface area contributed by atoms with Gasteiger partial charge in [-0.3, -0.25) is 0 Å². The third-order valence-electron chi connectivity index (χ3n) is 12.4. The van der Waals surface area contributed by atoms with Gasteiger partial charge in [-0.15, -0.1) is 0 Å². The SMILES string of the molecule is COc1ccc(C=CC(=O)O[C@H]2CC[C@@]3(C)C(=CCC4C3CC[C@@]3(C)C4CC[C@@H]3[C@H](C)CCCC(C)C)C2)cc1OC. The molecule has 0 bridgehead atoms. The molecular formula is C38H56O4. The fraction of sp³-hybridized carbons (Fsp3) is 0.711. The Bertz CT molecular complexity index is 1170. The van der Waals surface area contributed by atoms with Gasteiger partial charge in [-0.2, -0.15) is 0 Å². The van der Waals surface area contributed by atoms with Crippen molar-refractivity contribution in [1.82, 2.24) is 0 Å². The van der Waals surface area contributed by atoms with Crippen molar-refractivity contribution >= 4 is 12.0 Å². The van der Waals surface area contributed by atoms with Crippen LogP contribution in [0.1, 0.15) is 111 Å². The van der Waals surface area contributed by atoms with Crippen molar-refractivity contribution < 1.29 is 19.0 Å². The highest BCUT2D eigenvalue weighted by molar-refractivity contribution is 5.87. The van der Waals surface area contributed by atoms with Crippen LogP contribution in [0.5, 0.6) is 11.5 Å². The van der Waals surface area contributed by atoms with Crippen molar-refractivity contribution in [1.29, 1.82) is 0 Å². The van der Waals surface area contributed by atoms with Gasteiger partial charge in [0.15, 0.2) is 11.5 Å². The highest BCUT2D eigenvalue weighted by atomic mass is 16.5. The Labute approximate surface area is 255 Å². The molecule has 1 aromatic carbocycles. The predicted molar refractivity (Wildman–Crippen MR) is 172 cm³/mol. The van der Waals surface area contributed by atoms with Gasteiger partial charge >= 0.3 is 5.97 Å². The Morgan fingerprint density at radius 1 is 0.976 bits per heavy atom. The van der Waals surface area contributed by atoms with Crippen LogP contribution in [0.3, 0.4) is 0 Å². The summed E-state index contributed by atoms with van der Waals surface area (Å²) in [6.07, 6.45) is 19.9. The van der Waals surface area contributed by atoms with Crippen LogP contribution in [0.2, 0.25) is 0 Å². The lowest BCUT2D eigenvalue weighted by atomic mass is 9.47. The lowest BCUT2D eigenvalue weighted by molar-refractivity contribution is -0.145. The van der Waals surface area contributed by atoms with Crippen LogP contribution < -0.4 is 9.47 Å². The third-order valence-corrected chi connectivity index (χ3v) is 12.4. The van der Waals surface area contributed by atoms with Crippen molar-refractivity contribution in [2.24, 2.45) is 46.3 Å². The van der Waals surface area contributed by atoms with Crippen LogP contribution in [0.25, 0.3) is 6.08 Å². The molecule has 3 saturated carbocycles. The summed E-state index contributed by atoms with van der Waals surface area (Å²) in [4.78, 5) is 12.8. The Morgan fingerprint density at radius 2 is 1.76 bits per heavy atom. The Balaban J connectivity index is 1.20. The lowest BCUT2D eigenvalue weighted by Crippen LogP contribution is -2.51. The van der Waals surface area contributed by atoms with Gasteiger partial charge in [0, 0.05) is 12.5 Å². The predicted octanol–water partition coefficient (Wildman–Crippen LogP) is 9.67. The van der Waals surface area contributed by atoms with Gasteiger partial charge in [-0.25, -0.2) is 4.79 Å². The number of esters is 1. The van der Waals surface area contributed by atoms with Crippen molar-refractivity contribution in [2.45, 2.75) is 111 Å². The second kappa shape index (κ2) is 12.8. The number of allylic oxidation sites excluding steroid dienone is 1. The number of benzene rings is 1. The first-order valence-corrected chi connectivity index (χ1v) is 16.9. The van der Waals surface area contributed by atoms with Crippen LogP contribution in [-0.2, 0) is 9.53 Å². The highest BCUT2D eigenvalue weighted by Crippen LogP contribution is 2.67. The molecule has 4 heteroatoms. The molecule has 4 aliphatic carbocycles. The zero-order valence-electron chi connectivity index (χ0n) is 27.4. The molecule has 4 nitrogen and oxygen atoms in total. The molecule has 1 aromatic rings. The van der Waals surface area contributed by atoms with E-state index in [1.807, 2.05) is 18.2 Å². The molecule has 232 valence electrons. The maximum absolute atomic E-state index is 12.8. The third kappa shape index (κ3) is 6.06. The molecule has 0 N–H and O–H groups in total. The summed E-state index contributed by atoms with van der Waals surface area (Å²) >= 11 is 0. The zero-order valence-corrected chi connectivity index (χ0v) is 27.4. The van der Waals surface area contributed by atoms with Gasteiger partial charge in [0.25, 0.3) is 0 Å². The van der Waals surface area contributed by atoms with E-state index in [0.29, 0.717) is 16.9 Å². The number of carbonyl (C=O) groups excluding carboxylic acids is 1. The molecule has 3 fully saturated rings. The minimum absolute atomic E-state index is 0.0279. The zero-order chi connectivity index (χ0) is 30.1. The van der Waals surface area contributed by atoms with Gasteiger partial charge in [-0.05, 0) is 115 Å². The number of rotatable bonds is 10.